The van der Waals surface area contributed by atoms with E-state index in [4.69, 9.17) is 4.84 Å². The van der Waals surface area contributed by atoms with Crippen molar-refractivity contribution in [2.75, 3.05) is 0 Å². The van der Waals surface area contributed by atoms with E-state index in [9.17, 15) is 4.79 Å². The Morgan fingerprint density at radius 3 is 2.35 bits per heavy atom. The maximum Gasteiger partial charge on any atom is 0.365 e. The van der Waals surface area contributed by atoms with Crippen LogP contribution in [0.4, 0.5) is 0 Å². The molecule has 1 aromatic carbocycles. The fourth-order valence-electron chi connectivity index (χ4n) is 1.28. The van der Waals surface area contributed by atoms with Crippen LogP contribution in [0, 0.1) is 5.41 Å². The Hall–Kier alpha value is -2.12. The molecule has 0 aliphatic rings. The normalized spacial score (nSPS) is 11.6. The maximum atomic E-state index is 11.8. The summed E-state index contributed by atoms with van der Waals surface area (Å²) in [6.07, 6.45) is 1.93. The van der Waals surface area contributed by atoms with E-state index in [2.05, 4.69) is 10.9 Å². The van der Waals surface area contributed by atoms with Crippen LogP contribution in [-0.4, -0.2) is 11.7 Å². The first-order valence-corrected chi connectivity index (χ1v) is 6.55. The van der Waals surface area contributed by atoms with Crippen LogP contribution >= 0.6 is 0 Å². The average Bonchev–Trinajstić information content (AvgIpc) is 2.43. The average molecular weight is 271 g/mol. The molecule has 0 fully saturated rings. The lowest BCUT2D eigenvalue weighted by atomic mass is 9.88. The SMILES string of the molecule is CC(C)=C=CC(C)(C)/C(C)=N/OC(=O)c1ccccc1. The Kier molecular flexibility index (Phi) is 5.48. The summed E-state index contributed by atoms with van der Waals surface area (Å²) < 4.78 is 0. The zero-order chi connectivity index (χ0) is 15.2. The number of allylic oxidation sites excluding steroid dienone is 1. The molecule has 0 bridgehead atoms. The third kappa shape index (κ3) is 4.87. The van der Waals surface area contributed by atoms with Crippen molar-refractivity contribution in [2.24, 2.45) is 10.6 Å². The topological polar surface area (TPSA) is 38.7 Å². The van der Waals surface area contributed by atoms with E-state index in [1.54, 1.807) is 24.3 Å². The van der Waals surface area contributed by atoms with Gasteiger partial charge in [-0.3, -0.25) is 0 Å². The highest BCUT2D eigenvalue weighted by molar-refractivity contribution is 5.92. The maximum absolute atomic E-state index is 11.8. The Morgan fingerprint density at radius 1 is 1.20 bits per heavy atom. The number of rotatable bonds is 4. The zero-order valence-electron chi connectivity index (χ0n) is 12.7. The number of benzene rings is 1. The molecule has 106 valence electrons. The van der Waals surface area contributed by atoms with Gasteiger partial charge in [-0.25, -0.2) is 4.79 Å². The largest absolute Gasteiger partial charge is 0.365 e. The van der Waals surface area contributed by atoms with Crippen molar-refractivity contribution >= 4 is 11.7 Å². The highest BCUT2D eigenvalue weighted by atomic mass is 16.7. The van der Waals surface area contributed by atoms with Crippen molar-refractivity contribution in [3.05, 3.63) is 53.3 Å². The molecular formula is C17H21NO2. The van der Waals surface area contributed by atoms with E-state index in [-0.39, 0.29) is 5.41 Å². The van der Waals surface area contributed by atoms with Crippen LogP contribution in [0.2, 0.25) is 0 Å². The zero-order valence-corrected chi connectivity index (χ0v) is 12.7. The number of carbonyl (C=O) groups is 1. The van der Waals surface area contributed by atoms with E-state index in [0.29, 0.717) is 5.56 Å². The van der Waals surface area contributed by atoms with E-state index in [1.807, 2.05) is 46.8 Å². The lowest BCUT2D eigenvalue weighted by molar-refractivity contribution is 0.0513. The second-order valence-electron chi connectivity index (χ2n) is 5.43. The summed E-state index contributed by atoms with van der Waals surface area (Å²) in [5.41, 5.74) is 5.14. The Balaban J connectivity index is 2.80. The van der Waals surface area contributed by atoms with Crippen LogP contribution in [0.1, 0.15) is 45.0 Å². The van der Waals surface area contributed by atoms with Crippen molar-refractivity contribution in [3.8, 4) is 0 Å². The molecule has 0 radical (unpaired) electrons. The molecule has 0 heterocycles. The van der Waals surface area contributed by atoms with Crippen LogP contribution < -0.4 is 0 Å². The van der Waals surface area contributed by atoms with Crippen LogP contribution in [0.15, 0.2) is 52.9 Å². The Bertz CT molecular complexity index is 558. The molecule has 0 aliphatic heterocycles. The summed E-state index contributed by atoms with van der Waals surface area (Å²) >= 11 is 0. The van der Waals surface area contributed by atoms with Gasteiger partial charge in [-0.15, -0.1) is 5.73 Å². The Labute approximate surface area is 120 Å². The van der Waals surface area contributed by atoms with Crippen molar-refractivity contribution in [1.82, 2.24) is 0 Å². The van der Waals surface area contributed by atoms with Crippen molar-refractivity contribution in [2.45, 2.75) is 34.6 Å². The molecule has 1 rings (SSSR count). The molecule has 0 amide bonds. The van der Waals surface area contributed by atoms with Crippen molar-refractivity contribution < 1.29 is 9.63 Å². The highest BCUT2D eigenvalue weighted by Crippen LogP contribution is 2.19. The van der Waals surface area contributed by atoms with E-state index in [0.717, 1.165) is 11.3 Å². The first kappa shape index (κ1) is 15.9. The smallest absolute Gasteiger partial charge is 0.313 e. The molecule has 0 saturated carbocycles. The minimum absolute atomic E-state index is 0.311. The van der Waals surface area contributed by atoms with Gasteiger partial charge in [0.25, 0.3) is 0 Å². The van der Waals surface area contributed by atoms with Crippen molar-refractivity contribution in [3.63, 3.8) is 0 Å². The summed E-state index contributed by atoms with van der Waals surface area (Å²) in [4.78, 5) is 16.8. The molecule has 1 aromatic rings. The minimum Gasteiger partial charge on any atom is -0.313 e. The predicted molar refractivity (Wildman–Crippen MR) is 81.7 cm³/mol. The molecule has 0 atom stereocenters. The molecule has 0 saturated heterocycles. The van der Waals surface area contributed by atoms with Gasteiger partial charge in [0.05, 0.1) is 11.3 Å². The van der Waals surface area contributed by atoms with Gasteiger partial charge < -0.3 is 4.84 Å². The first-order valence-electron chi connectivity index (χ1n) is 6.55. The fourth-order valence-corrected chi connectivity index (χ4v) is 1.28. The second kappa shape index (κ2) is 6.88. The van der Waals surface area contributed by atoms with Gasteiger partial charge in [0, 0.05) is 5.41 Å². The summed E-state index contributed by atoms with van der Waals surface area (Å²) in [6, 6.07) is 8.81. The predicted octanol–water partition coefficient (Wildman–Crippen LogP) is 4.37. The summed E-state index contributed by atoms with van der Waals surface area (Å²) in [7, 11) is 0. The lowest BCUT2D eigenvalue weighted by Crippen LogP contribution is -2.19. The molecule has 0 spiro atoms. The monoisotopic (exact) mass is 271 g/mol. The third-order valence-electron chi connectivity index (χ3n) is 2.93. The second-order valence-corrected chi connectivity index (χ2v) is 5.43. The van der Waals surface area contributed by atoms with Gasteiger partial charge in [-0.1, -0.05) is 37.2 Å². The third-order valence-corrected chi connectivity index (χ3v) is 2.93. The molecular weight excluding hydrogens is 250 g/mol. The quantitative estimate of drug-likeness (QED) is 0.353. The Morgan fingerprint density at radius 2 is 1.80 bits per heavy atom. The molecule has 0 aromatic heterocycles. The standard InChI is InChI=1S/C17H21NO2/c1-13(2)11-12-17(4,5)14(3)18-20-16(19)15-9-7-6-8-10-15/h6-10,12H,1-5H3/b18-14+. The minimum atomic E-state index is -0.452. The summed E-state index contributed by atoms with van der Waals surface area (Å²) in [5.74, 6) is -0.452. The molecule has 20 heavy (non-hydrogen) atoms. The van der Waals surface area contributed by atoms with Crippen LogP contribution in [0.3, 0.4) is 0 Å². The number of hydrogen-bond donors (Lipinski definition) is 0. The van der Waals surface area contributed by atoms with E-state index < -0.39 is 5.97 Å². The van der Waals surface area contributed by atoms with Crippen molar-refractivity contribution in [1.29, 1.82) is 0 Å². The molecule has 0 N–H and O–H groups in total. The van der Waals surface area contributed by atoms with Crippen LogP contribution in [0.5, 0.6) is 0 Å². The molecule has 0 unspecified atom stereocenters. The van der Waals surface area contributed by atoms with Crippen LogP contribution in [-0.2, 0) is 4.84 Å². The number of hydrogen-bond acceptors (Lipinski definition) is 3. The molecule has 3 nitrogen and oxygen atoms in total. The highest BCUT2D eigenvalue weighted by Gasteiger charge is 2.19. The lowest BCUT2D eigenvalue weighted by Gasteiger charge is -2.17. The molecule has 0 aliphatic carbocycles. The summed E-state index contributed by atoms with van der Waals surface area (Å²) in [6.45, 7) is 9.79. The number of carbonyl (C=O) groups excluding carboxylic acids is 1. The van der Waals surface area contributed by atoms with Gasteiger partial charge in [-0.2, -0.15) is 0 Å². The van der Waals surface area contributed by atoms with E-state index >= 15 is 0 Å². The van der Waals surface area contributed by atoms with Gasteiger partial charge in [0.1, 0.15) is 0 Å². The van der Waals surface area contributed by atoms with Crippen LogP contribution in [0.25, 0.3) is 0 Å². The van der Waals surface area contributed by atoms with Gasteiger partial charge in [0.2, 0.25) is 0 Å². The fraction of sp³-hybridized carbons (Fsp3) is 0.353. The molecule has 3 heteroatoms. The first-order chi connectivity index (χ1) is 9.33. The van der Waals surface area contributed by atoms with Gasteiger partial charge in [0.15, 0.2) is 0 Å². The number of oxime groups is 1. The summed E-state index contributed by atoms with van der Waals surface area (Å²) in [5, 5.41) is 3.94. The van der Waals surface area contributed by atoms with E-state index in [1.165, 1.54) is 0 Å². The number of nitrogens with zero attached hydrogens (tertiary/aromatic N) is 1. The van der Waals surface area contributed by atoms with Gasteiger partial charge in [-0.05, 0) is 44.6 Å². The van der Waals surface area contributed by atoms with Gasteiger partial charge >= 0.3 is 5.97 Å².